The van der Waals surface area contributed by atoms with E-state index in [1.807, 2.05) is 44.2 Å². The summed E-state index contributed by atoms with van der Waals surface area (Å²) in [5, 5.41) is 0. The molecule has 0 heterocycles. The van der Waals surface area contributed by atoms with Crippen LogP contribution in [0.1, 0.15) is 19.4 Å². The van der Waals surface area contributed by atoms with Crippen LogP contribution in [0.3, 0.4) is 0 Å². The fourth-order valence-corrected chi connectivity index (χ4v) is 0.739. The van der Waals surface area contributed by atoms with Gasteiger partial charge in [0.25, 0.3) is 0 Å². The summed E-state index contributed by atoms with van der Waals surface area (Å²) in [6, 6.07) is 9.79. The molecular weight excluding hydrogens is 174 g/mol. The van der Waals surface area contributed by atoms with Crippen molar-refractivity contribution in [3.8, 4) is 0 Å². The van der Waals surface area contributed by atoms with Crippen molar-refractivity contribution in [2.75, 3.05) is 0 Å². The fourth-order valence-electron chi connectivity index (χ4n) is 0.685. The molecule has 1 rings (SSSR count). The third kappa shape index (κ3) is 5.13. The van der Waals surface area contributed by atoms with Gasteiger partial charge < -0.3 is 0 Å². The standard InChI is InChI=1S/C7H8ClNO.C2H6/c8-9-10-6-7-4-2-1-3-5-7;1-2/h1-5,9H,6H2;1-2H3. The van der Waals surface area contributed by atoms with Crippen molar-refractivity contribution < 1.29 is 4.84 Å². The van der Waals surface area contributed by atoms with E-state index in [0.29, 0.717) is 6.61 Å². The summed E-state index contributed by atoms with van der Waals surface area (Å²) in [6.07, 6.45) is 0. The molecule has 0 unspecified atom stereocenters. The molecule has 0 amide bonds. The maximum atomic E-state index is 5.08. The molecule has 0 spiro atoms. The highest BCUT2D eigenvalue weighted by molar-refractivity contribution is 6.12. The first kappa shape index (κ1) is 11.4. The van der Waals surface area contributed by atoms with Gasteiger partial charge in [-0.1, -0.05) is 44.2 Å². The molecule has 0 atom stereocenters. The van der Waals surface area contributed by atoms with E-state index in [-0.39, 0.29) is 0 Å². The summed E-state index contributed by atoms with van der Waals surface area (Å²) in [5.74, 6) is 0. The van der Waals surface area contributed by atoms with Gasteiger partial charge in [0.15, 0.2) is 0 Å². The molecule has 3 heteroatoms. The van der Waals surface area contributed by atoms with Gasteiger partial charge in [0.1, 0.15) is 0 Å². The second-order valence-electron chi connectivity index (χ2n) is 1.85. The summed E-state index contributed by atoms with van der Waals surface area (Å²) in [5.41, 5.74) is 1.09. The number of halogens is 1. The Labute approximate surface area is 78.6 Å². The second-order valence-corrected chi connectivity index (χ2v) is 2.01. The molecule has 0 aliphatic heterocycles. The van der Waals surface area contributed by atoms with Gasteiger partial charge in [-0.05, 0) is 5.56 Å². The van der Waals surface area contributed by atoms with Crippen LogP contribution in [0, 0.1) is 0 Å². The van der Waals surface area contributed by atoms with Crippen molar-refractivity contribution >= 4 is 11.8 Å². The minimum Gasteiger partial charge on any atom is -0.282 e. The molecule has 0 saturated carbocycles. The predicted octanol–water partition coefficient (Wildman–Crippen LogP) is 2.89. The van der Waals surface area contributed by atoms with E-state index in [2.05, 4.69) is 5.00 Å². The summed E-state index contributed by atoms with van der Waals surface area (Å²) < 4.78 is 0. The molecular formula is C9H14ClNO. The first-order chi connectivity index (χ1) is 5.93. The van der Waals surface area contributed by atoms with E-state index in [4.69, 9.17) is 16.6 Å². The van der Waals surface area contributed by atoms with Crippen LogP contribution >= 0.6 is 11.8 Å². The number of benzene rings is 1. The molecule has 1 N–H and O–H groups in total. The number of nitrogens with one attached hydrogen (secondary N) is 1. The molecule has 0 fully saturated rings. The Morgan fingerprint density at radius 3 is 2.33 bits per heavy atom. The van der Waals surface area contributed by atoms with Crippen molar-refractivity contribution in [2.45, 2.75) is 20.5 Å². The average molecular weight is 188 g/mol. The van der Waals surface area contributed by atoms with Crippen molar-refractivity contribution in [1.29, 1.82) is 0 Å². The summed E-state index contributed by atoms with van der Waals surface area (Å²) in [7, 11) is 0. The van der Waals surface area contributed by atoms with Gasteiger partial charge >= 0.3 is 0 Å². The quantitative estimate of drug-likeness (QED) is 0.581. The van der Waals surface area contributed by atoms with E-state index in [1.165, 1.54) is 0 Å². The molecule has 1 aromatic carbocycles. The van der Waals surface area contributed by atoms with Gasteiger partial charge in [-0.3, -0.25) is 4.84 Å². The minimum absolute atomic E-state index is 0.490. The Morgan fingerprint density at radius 1 is 1.25 bits per heavy atom. The number of hydrogen-bond donors (Lipinski definition) is 1. The van der Waals surface area contributed by atoms with Crippen molar-refractivity contribution in [3.05, 3.63) is 35.9 Å². The number of rotatable bonds is 3. The molecule has 0 aromatic heterocycles. The Hall–Kier alpha value is -0.570. The first-order valence-electron chi connectivity index (χ1n) is 3.95. The Balaban J connectivity index is 0.000000561. The molecule has 0 aliphatic rings. The molecule has 0 radical (unpaired) electrons. The van der Waals surface area contributed by atoms with Crippen molar-refractivity contribution in [3.63, 3.8) is 0 Å². The second kappa shape index (κ2) is 8.53. The topological polar surface area (TPSA) is 21.3 Å². The molecule has 0 aliphatic carbocycles. The van der Waals surface area contributed by atoms with Crippen LogP contribution in [0.2, 0.25) is 0 Å². The lowest BCUT2D eigenvalue weighted by atomic mass is 10.2. The van der Waals surface area contributed by atoms with Crippen molar-refractivity contribution in [1.82, 2.24) is 5.00 Å². The van der Waals surface area contributed by atoms with Crippen LogP contribution in [0.5, 0.6) is 0 Å². The largest absolute Gasteiger partial charge is 0.282 e. The fraction of sp³-hybridized carbons (Fsp3) is 0.333. The van der Waals surface area contributed by atoms with Crippen molar-refractivity contribution in [2.24, 2.45) is 0 Å². The third-order valence-electron chi connectivity index (χ3n) is 1.14. The third-order valence-corrected chi connectivity index (χ3v) is 1.25. The van der Waals surface area contributed by atoms with E-state index in [0.717, 1.165) is 5.56 Å². The van der Waals surface area contributed by atoms with Gasteiger partial charge in [-0.2, -0.15) is 0 Å². The molecule has 68 valence electrons. The highest BCUT2D eigenvalue weighted by atomic mass is 35.5. The Morgan fingerprint density at radius 2 is 1.83 bits per heavy atom. The Kier molecular flexibility index (Phi) is 8.12. The van der Waals surface area contributed by atoms with Gasteiger partial charge in [-0.15, -0.1) is 5.00 Å². The summed E-state index contributed by atoms with van der Waals surface area (Å²) in [4.78, 5) is 6.82. The lowest BCUT2D eigenvalue weighted by Gasteiger charge is -1.97. The zero-order chi connectivity index (χ0) is 9.23. The van der Waals surface area contributed by atoms with E-state index < -0.39 is 0 Å². The minimum atomic E-state index is 0.490. The average Bonchev–Trinajstić information content (AvgIpc) is 2.19. The van der Waals surface area contributed by atoms with E-state index in [1.54, 1.807) is 0 Å². The molecule has 2 nitrogen and oxygen atoms in total. The van der Waals surface area contributed by atoms with Crippen LogP contribution < -0.4 is 5.00 Å². The molecule has 0 bridgehead atoms. The normalized spacial score (nSPS) is 8.58. The summed E-state index contributed by atoms with van der Waals surface area (Å²) in [6.45, 7) is 4.49. The molecule has 12 heavy (non-hydrogen) atoms. The zero-order valence-corrected chi connectivity index (χ0v) is 8.14. The maximum absolute atomic E-state index is 5.08. The lowest BCUT2D eigenvalue weighted by molar-refractivity contribution is 0.0817. The zero-order valence-electron chi connectivity index (χ0n) is 7.38. The van der Waals surface area contributed by atoms with Crippen LogP contribution in [-0.2, 0) is 11.4 Å². The highest BCUT2D eigenvalue weighted by Crippen LogP contribution is 1.98. The van der Waals surface area contributed by atoms with Crippen LogP contribution in [0.15, 0.2) is 30.3 Å². The highest BCUT2D eigenvalue weighted by Gasteiger charge is 1.87. The van der Waals surface area contributed by atoms with Crippen LogP contribution in [0.25, 0.3) is 0 Å². The van der Waals surface area contributed by atoms with Crippen LogP contribution in [-0.4, -0.2) is 0 Å². The van der Waals surface area contributed by atoms with Gasteiger partial charge in [0, 0.05) is 11.8 Å². The predicted molar refractivity (Wildman–Crippen MR) is 51.6 cm³/mol. The van der Waals surface area contributed by atoms with E-state index >= 15 is 0 Å². The molecule has 1 aromatic rings. The maximum Gasteiger partial charge on any atom is 0.0948 e. The monoisotopic (exact) mass is 187 g/mol. The molecule has 0 saturated heterocycles. The van der Waals surface area contributed by atoms with Gasteiger partial charge in [0.05, 0.1) is 6.61 Å². The summed E-state index contributed by atoms with van der Waals surface area (Å²) >= 11 is 5.08. The SMILES string of the molecule is CC.ClNOCc1ccccc1. The van der Waals surface area contributed by atoms with Crippen LogP contribution in [0.4, 0.5) is 0 Å². The number of hydrogen-bond acceptors (Lipinski definition) is 2. The lowest BCUT2D eigenvalue weighted by Crippen LogP contribution is -1.99. The van der Waals surface area contributed by atoms with E-state index in [9.17, 15) is 0 Å². The van der Waals surface area contributed by atoms with Gasteiger partial charge in [0.2, 0.25) is 0 Å². The Bertz CT molecular complexity index is 179. The van der Waals surface area contributed by atoms with Gasteiger partial charge in [-0.25, -0.2) is 0 Å². The first-order valence-corrected chi connectivity index (χ1v) is 4.32. The smallest absolute Gasteiger partial charge is 0.0948 e.